The molecule has 0 aliphatic rings. The monoisotopic (exact) mass is 264 g/mol. The first-order valence-electron chi connectivity index (χ1n) is 6.85. The van der Waals surface area contributed by atoms with E-state index in [0.29, 0.717) is 17.2 Å². The third-order valence-corrected chi connectivity index (χ3v) is 3.00. The first-order valence-corrected chi connectivity index (χ1v) is 6.85. The third-order valence-electron chi connectivity index (χ3n) is 3.00. The minimum absolute atomic E-state index is 0.127. The molecule has 106 valence electrons. The Labute approximate surface area is 115 Å². The second kappa shape index (κ2) is 7.07. The number of nitrogens with zero attached hydrogens (tertiary/aromatic N) is 3. The summed E-state index contributed by atoms with van der Waals surface area (Å²) in [5.41, 5.74) is 6.47. The Morgan fingerprint density at radius 2 is 2.11 bits per heavy atom. The van der Waals surface area contributed by atoms with Crippen LogP contribution in [0.1, 0.15) is 62.3 Å². The summed E-state index contributed by atoms with van der Waals surface area (Å²) in [5.74, 6) is 0.704. The average molecular weight is 264 g/mol. The smallest absolute Gasteiger partial charge is 0.274 e. The van der Waals surface area contributed by atoms with Crippen LogP contribution in [0.4, 0.5) is 5.69 Å². The molecule has 0 fully saturated rings. The summed E-state index contributed by atoms with van der Waals surface area (Å²) in [6.07, 6.45) is 4.78. The number of rotatable bonds is 6. The van der Waals surface area contributed by atoms with Crippen molar-refractivity contribution in [1.29, 1.82) is 0 Å². The number of aromatic nitrogens is 2. The highest BCUT2D eigenvalue weighted by Crippen LogP contribution is 2.15. The Morgan fingerprint density at radius 1 is 1.42 bits per heavy atom. The van der Waals surface area contributed by atoms with Crippen LogP contribution in [-0.4, -0.2) is 34.4 Å². The standard InChI is InChI=1S/C14H24N4O/c1-5-6-7-8-18(4)14(19)12-11(15)9-16-13(17-12)10(2)3/h9-10H,5-8,15H2,1-4H3. The molecule has 0 saturated carbocycles. The zero-order valence-electron chi connectivity index (χ0n) is 12.3. The van der Waals surface area contributed by atoms with Crippen LogP contribution >= 0.6 is 0 Å². The number of carbonyl (C=O) groups is 1. The van der Waals surface area contributed by atoms with E-state index < -0.39 is 0 Å². The molecular weight excluding hydrogens is 240 g/mol. The van der Waals surface area contributed by atoms with Crippen molar-refractivity contribution < 1.29 is 4.79 Å². The predicted molar refractivity (Wildman–Crippen MR) is 77.0 cm³/mol. The molecule has 0 aliphatic carbocycles. The molecule has 1 amide bonds. The van der Waals surface area contributed by atoms with Gasteiger partial charge in [0.05, 0.1) is 11.9 Å². The van der Waals surface area contributed by atoms with E-state index in [1.165, 1.54) is 6.20 Å². The maximum Gasteiger partial charge on any atom is 0.274 e. The second-order valence-electron chi connectivity index (χ2n) is 5.12. The van der Waals surface area contributed by atoms with Crippen LogP contribution < -0.4 is 5.73 Å². The first-order chi connectivity index (χ1) is 8.97. The number of unbranched alkanes of at least 4 members (excludes halogenated alkanes) is 2. The molecule has 0 unspecified atom stereocenters. The maximum absolute atomic E-state index is 12.3. The summed E-state index contributed by atoms with van der Waals surface area (Å²) >= 11 is 0. The molecule has 0 aliphatic heterocycles. The van der Waals surface area contributed by atoms with Gasteiger partial charge in [0, 0.05) is 19.5 Å². The van der Waals surface area contributed by atoms with E-state index in [-0.39, 0.29) is 11.8 Å². The van der Waals surface area contributed by atoms with Gasteiger partial charge in [0.25, 0.3) is 5.91 Å². The van der Waals surface area contributed by atoms with Gasteiger partial charge in [0.1, 0.15) is 5.82 Å². The summed E-state index contributed by atoms with van der Waals surface area (Å²) in [7, 11) is 1.79. The van der Waals surface area contributed by atoms with Crippen LogP contribution in [0.3, 0.4) is 0 Å². The van der Waals surface area contributed by atoms with E-state index in [9.17, 15) is 4.79 Å². The number of hydrogen-bond acceptors (Lipinski definition) is 4. The van der Waals surface area contributed by atoms with Crippen LogP contribution in [0.25, 0.3) is 0 Å². The number of anilines is 1. The van der Waals surface area contributed by atoms with Crippen LogP contribution in [0.2, 0.25) is 0 Å². The largest absolute Gasteiger partial charge is 0.396 e. The van der Waals surface area contributed by atoms with E-state index in [4.69, 9.17) is 5.73 Å². The summed E-state index contributed by atoms with van der Waals surface area (Å²) in [6.45, 7) is 6.85. The number of carbonyl (C=O) groups excluding carboxylic acids is 1. The van der Waals surface area contributed by atoms with Crippen molar-refractivity contribution in [2.24, 2.45) is 0 Å². The lowest BCUT2D eigenvalue weighted by Gasteiger charge is -2.18. The zero-order valence-corrected chi connectivity index (χ0v) is 12.3. The predicted octanol–water partition coefficient (Wildman–Crippen LogP) is 2.44. The highest BCUT2D eigenvalue weighted by Gasteiger charge is 2.18. The van der Waals surface area contributed by atoms with Crippen molar-refractivity contribution in [2.45, 2.75) is 46.0 Å². The fraction of sp³-hybridized carbons (Fsp3) is 0.643. The van der Waals surface area contributed by atoms with Crippen molar-refractivity contribution in [3.63, 3.8) is 0 Å². The molecule has 0 bridgehead atoms. The van der Waals surface area contributed by atoms with Crippen molar-refractivity contribution in [1.82, 2.24) is 14.9 Å². The van der Waals surface area contributed by atoms with Gasteiger partial charge < -0.3 is 10.6 Å². The Hall–Kier alpha value is -1.65. The molecule has 19 heavy (non-hydrogen) atoms. The molecule has 5 heteroatoms. The van der Waals surface area contributed by atoms with Crippen molar-refractivity contribution in [3.8, 4) is 0 Å². The van der Waals surface area contributed by atoms with Crippen LogP contribution in [0.15, 0.2) is 6.20 Å². The topological polar surface area (TPSA) is 72.1 Å². The molecule has 1 aromatic rings. The maximum atomic E-state index is 12.3. The highest BCUT2D eigenvalue weighted by molar-refractivity contribution is 5.96. The van der Waals surface area contributed by atoms with E-state index in [2.05, 4.69) is 16.9 Å². The molecule has 0 radical (unpaired) electrons. The van der Waals surface area contributed by atoms with Crippen LogP contribution in [0, 0.1) is 0 Å². The van der Waals surface area contributed by atoms with Gasteiger partial charge >= 0.3 is 0 Å². The van der Waals surface area contributed by atoms with Gasteiger partial charge in [-0.1, -0.05) is 33.6 Å². The minimum atomic E-state index is -0.127. The van der Waals surface area contributed by atoms with Gasteiger partial charge in [-0.25, -0.2) is 9.97 Å². The average Bonchev–Trinajstić information content (AvgIpc) is 2.38. The third kappa shape index (κ3) is 4.19. The molecule has 1 heterocycles. The van der Waals surface area contributed by atoms with E-state index in [1.54, 1.807) is 11.9 Å². The molecule has 2 N–H and O–H groups in total. The molecule has 1 aromatic heterocycles. The van der Waals surface area contributed by atoms with Gasteiger partial charge in [-0.2, -0.15) is 0 Å². The van der Waals surface area contributed by atoms with E-state index in [0.717, 1.165) is 25.8 Å². The van der Waals surface area contributed by atoms with Gasteiger partial charge in [-0.15, -0.1) is 0 Å². The second-order valence-corrected chi connectivity index (χ2v) is 5.12. The molecule has 0 spiro atoms. The molecule has 0 atom stereocenters. The van der Waals surface area contributed by atoms with Gasteiger partial charge in [-0.3, -0.25) is 4.79 Å². The molecule has 1 rings (SSSR count). The van der Waals surface area contributed by atoms with Gasteiger partial charge in [-0.05, 0) is 6.42 Å². The Kier molecular flexibility index (Phi) is 5.73. The van der Waals surface area contributed by atoms with Crippen molar-refractivity contribution in [2.75, 3.05) is 19.3 Å². The summed E-state index contributed by atoms with van der Waals surface area (Å²) in [5, 5.41) is 0. The van der Waals surface area contributed by atoms with Gasteiger partial charge in [0.2, 0.25) is 0 Å². The van der Waals surface area contributed by atoms with Crippen LogP contribution in [0.5, 0.6) is 0 Å². The number of nitrogen functional groups attached to an aromatic ring is 1. The lowest BCUT2D eigenvalue weighted by Crippen LogP contribution is -2.29. The zero-order chi connectivity index (χ0) is 14.4. The summed E-state index contributed by atoms with van der Waals surface area (Å²) < 4.78 is 0. The lowest BCUT2D eigenvalue weighted by atomic mass is 10.2. The van der Waals surface area contributed by atoms with Crippen molar-refractivity contribution >= 4 is 11.6 Å². The summed E-state index contributed by atoms with van der Waals surface area (Å²) in [6, 6.07) is 0. The number of nitrogens with two attached hydrogens (primary N) is 1. The normalized spacial score (nSPS) is 10.8. The van der Waals surface area contributed by atoms with Crippen molar-refractivity contribution in [3.05, 3.63) is 17.7 Å². The lowest BCUT2D eigenvalue weighted by molar-refractivity contribution is 0.0787. The number of amides is 1. The Bertz CT molecular complexity index is 431. The van der Waals surface area contributed by atoms with E-state index in [1.807, 2.05) is 13.8 Å². The molecule has 5 nitrogen and oxygen atoms in total. The van der Waals surface area contributed by atoms with E-state index >= 15 is 0 Å². The Balaban J connectivity index is 2.83. The summed E-state index contributed by atoms with van der Waals surface area (Å²) in [4.78, 5) is 22.4. The minimum Gasteiger partial charge on any atom is -0.396 e. The fourth-order valence-corrected chi connectivity index (χ4v) is 1.74. The first kappa shape index (κ1) is 15.4. The molecular formula is C14H24N4O. The quantitative estimate of drug-likeness (QED) is 0.801. The highest BCUT2D eigenvalue weighted by atomic mass is 16.2. The Morgan fingerprint density at radius 3 is 2.68 bits per heavy atom. The molecule has 0 aromatic carbocycles. The van der Waals surface area contributed by atoms with Crippen LogP contribution in [-0.2, 0) is 0 Å². The van der Waals surface area contributed by atoms with Gasteiger partial charge in [0.15, 0.2) is 5.69 Å². The number of hydrogen-bond donors (Lipinski definition) is 1. The molecule has 0 saturated heterocycles. The fourth-order valence-electron chi connectivity index (χ4n) is 1.74. The SMILES string of the molecule is CCCCCN(C)C(=O)c1nc(C(C)C)ncc1N.